The van der Waals surface area contributed by atoms with Gasteiger partial charge in [0.2, 0.25) is 0 Å². The van der Waals surface area contributed by atoms with Crippen LogP contribution >= 0.6 is 15.9 Å². The van der Waals surface area contributed by atoms with Gasteiger partial charge in [-0.15, -0.1) is 0 Å². The van der Waals surface area contributed by atoms with E-state index in [1.54, 1.807) is 6.07 Å². The quantitative estimate of drug-likeness (QED) is 0.894. The molecule has 0 amide bonds. The second-order valence-corrected chi connectivity index (χ2v) is 5.20. The molecule has 2 rings (SSSR count). The van der Waals surface area contributed by atoms with Crippen molar-refractivity contribution >= 4 is 15.9 Å². The highest BCUT2D eigenvalue weighted by molar-refractivity contribution is 9.10. The van der Waals surface area contributed by atoms with Gasteiger partial charge in [-0.1, -0.05) is 46.3 Å². The summed E-state index contributed by atoms with van der Waals surface area (Å²) in [6.07, 6.45) is 0. The van der Waals surface area contributed by atoms with Crippen molar-refractivity contribution in [3.05, 3.63) is 64.1 Å². The molecular formula is C15H16BrNO. The van der Waals surface area contributed by atoms with E-state index in [4.69, 9.17) is 0 Å². The van der Waals surface area contributed by atoms with Crippen molar-refractivity contribution in [1.82, 2.24) is 5.32 Å². The lowest BCUT2D eigenvalue weighted by molar-refractivity contribution is 0.452. The van der Waals surface area contributed by atoms with Gasteiger partial charge in [-0.05, 0) is 30.7 Å². The number of hydrogen-bond donors (Lipinski definition) is 2. The Labute approximate surface area is 116 Å². The normalized spacial score (nSPS) is 12.3. The van der Waals surface area contributed by atoms with Crippen molar-refractivity contribution in [2.75, 3.05) is 0 Å². The van der Waals surface area contributed by atoms with E-state index < -0.39 is 0 Å². The zero-order valence-electron chi connectivity index (χ0n) is 10.2. The molecule has 0 fully saturated rings. The van der Waals surface area contributed by atoms with Gasteiger partial charge in [0.05, 0.1) is 0 Å². The molecule has 2 N–H and O–H groups in total. The lowest BCUT2D eigenvalue weighted by Gasteiger charge is -2.15. The van der Waals surface area contributed by atoms with E-state index in [0.717, 1.165) is 16.6 Å². The average molecular weight is 306 g/mol. The number of rotatable bonds is 4. The first-order chi connectivity index (χ1) is 8.66. The molecule has 0 saturated heterocycles. The zero-order valence-corrected chi connectivity index (χ0v) is 11.8. The summed E-state index contributed by atoms with van der Waals surface area (Å²) >= 11 is 3.42. The number of aromatic hydroxyl groups is 1. The third kappa shape index (κ3) is 3.34. The minimum Gasteiger partial charge on any atom is -0.508 e. The maximum absolute atomic E-state index is 9.77. The molecule has 0 aliphatic heterocycles. The fourth-order valence-electron chi connectivity index (χ4n) is 1.84. The summed E-state index contributed by atoms with van der Waals surface area (Å²) in [5.41, 5.74) is 2.15. The largest absolute Gasteiger partial charge is 0.508 e. The van der Waals surface area contributed by atoms with Crippen LogP contribution in [0.3, 0.4) is 0 Å². The minimum absolute atomic E-state index is 0.120. The Morgan fingerprint density at radius 3 is 2.44 bits per heavy atom. The average Bonchev–Trinajstić information content (AvgIpc) is 2.38. The third-order valence-electron chi connectivity index (χ3n) is 2.93. The maximum atomic E-state index is 9.77. The summed E-state index contributed by atoms with van der Waals surface area (Å²) < 4.78 is 1.08. The zero-order chi connectivity index (χ0) is 13.0. The van der Waals surface area contributed by atoms with Crippen LogP contribution < -0.4 is 5.32 Å². The van der Waals surface area contributed by atoms with E-state index in [1.165, 1.54) is 5.56 Å². The van der Waals surface area contributed by atoms with Gasteiger partial charge in [-0.25, -0.2) is 0 Å². The predicted octanol–water partition coefficient (Wildman–Crippen LogP) is 4.01. The monoisotopic (exact) mass is 305 g/mol. The van der Waals surface area contributed by atoms with Crippen LogP contribution in [0.1, 0.15) is 24.1 Å². The van der Waals surface area contributed by atoms with Crippen LogP contribution in [0.15, 0.2) is 53.0 Å². The first-order valence-electron chi connectivity index (χ1n) is 5.92. The fraction of sp³-hybridized carbons (Fsp3) is 0.200. The van der Waals surface area contributed by atoms with Gasteiger partial charge in [-0.3, -0.25) is 0 Å². The van der Waals surface area contributed by atoms with Crippen LogP contribution in [-0.4, -0.2) is 5.11 Å². The molecule has 0 aliphatic rings. The Bertz CT molecular complexity index is 510. The maximum Gasteiger partial charge on any atom is 0.120 e. The van der Waals surface area contributed by atoms with E-state index in [1.807, 2.05) is 37.3 Å². The molecule has 3 heteroatoms. The summed E-state index contributed by atoms with van der Waals surface area (Å²) in [5, 5.41) is 13.2. The van der Waals surface area contributed by atoms with Crippen molar-refractivity contribution < 1.29 is 5.11 Å². The molecular weight excluding hydrogens is 290 g/mol. The van der Waals surface area contributed by atoms with Gasteiger partial charge in [0.15, 0.2) is 0 Å². The molecule has 0 saturated carbocycles. The van der Waals surface area contributed by atoms with Gasteiger partial charge >= 0.3 is 0 Å². The molecule has 0 bridgehead atoms. The van der Waals surface area contributed by atoms with Gasteiger partial charge in [0.25, 0.3) is 0 Å². The van der Waals surface area contributed by atoms with E-state index in [-0.39, 0.29) is 6.04 Å². The summed E-state index contributed by atoms with van der Waals surface area (Å²) in [5.74, 6) is 0.341. The summed E-state index contributed by atoms with van der Waals surface area (Å²) in [7, 11) is 0. The van der Waals surface area contributed by atoms with Crippen LogP contribution in [0.4, 0.5) is 0 Å². The van der Waals surface area contributed by atoms with Crippen molar-refractivity contribution in [3.63, 3.8) is 0 Å². The highest BCUT2D eigenvalue weighted by Gasteiger charge is 2.08. The van der Waals surface area contributed by atoms with Crippen molar-refractivity contribution in [2.45, 2.75) is 19.5 Å². The highest BCUT2D eigenvalue weighted by atomic mass is 79.9. The number of benzene rings is 2. The van der Waals surface area contributed by atoms with Crippen molar-refractivity contribution in [3.8, 4) is 5.75 Å². The molecule has 2 aromatic carbocycles. The molecule has 0 heterocycles. The van der Waals surface area contributed by atoms with Crippen LogP contribution in [-0.2, 0) is 6.54 Å². The lowest BCUT2D eigenvalue weighted by Crippen LogP contribution is -2.18. The van der Waals surface area contributed by atoms with Gasteiger partial charge < -0.3 is 10.4 Å². The fourth-order valence-corrected chi connectivity index (χ4v) is 2.10. The number of para-hydroxylation sites is 1. The Morgan fingerprint density at radius 2 is 1.78 bits per heavy atom. The summed E-state index contributed by atoms with van der Waals surface area (Å²) in [6.45, 7) is 2.83. The Balaban J connectivity index is 1.98. The van der Waals surface area contributed by atoms with Crippen LogP contribution in [0.2, 0.25) is 0 Å². The summed E-state index contributed by atoms with van der Waals surface area (Å²) in [6, 6.07) is 15.8. The first kappa shape index (κ1) is 13.1. The van der Waals surface area contributed by atoms with Gasteiger partial charge in [-0.2, -0.15) is 0 Å². The van der Waals surface area contributed by atoms with E-state index in [9.17, 15) is 5.11 Å². The number of phenols is 1. The smallest absolute Gasteiger partial charge is 0.120 e. The molecule has 1 atom stereocenters. The molecule has 94 valence electrons. The lowest BCUT2D eigenvalue weighted by atomic mass is 10.1. The molecule has 2 aromatic rings. The molecule has 18 heavy (non-hydrogen) atoms. The van der Waals surface area contributed by atoms with Crippen LogP contribution in [0, 0.1) is 0 Å². The number of halogens is 1. The molecule has 0 aliphatic carbocycles. The predicted molar refractivity (Wildman–Crippen MR) is 77.5 cm³/mol. The molecule has 2 nitrogen and oxygen atoms in total. The SMILES string of the molecule is CC(NCc1ccc(Br)cc1)c1ccccc1O. The molecule has 0 spiro atoms. The minimum atomic E-state index is 0.120. The Hall–Kier alpha value is -1.32. The second-order valence-electron chi connectivity index (χ2n) is 4.29. The van der Waals surface area contributed by atoms with Gasteiger partial charge in [0, 0.05) is 22.6 Å². The van der Waals surface area contributed by atoms with E-state index in [0.29, 0.717) is 5.75 Å². The highest BCUT2D eigenvalue weighted by Crippen LogP contribution is 2.23. The van der Waals surface area contributed by atoms with E-state index >= 15 is 0 Å². The molecule has 0 aromatic heterocycles. The topological polar surface area (TPSA) is 32.3 Å². The first-order valence-corrected chi connectivity index (χ1v) is 6.72. The second kappa shape index (κ2) is 6.03. The van der Waals surface area contributed by atoms with E-state index in [2.05, 4.69) is 33.4 Å². The Morgan fingerprint density at radius 1 is 1.11 bits per heavy atom. The number of phenolic OH excluding ortho intramolecular Hbond substituents is 1. The third-order valence-corrected chi connectivity index (χ3v) is 3.46. The molecule has 1 unspecified atom stereocenters. The number of nitrogens with one attached hydrogen (secondary N) is 1. The van der Waals surface area contributed by atoms with Crippen LogP contribution in [0.5, 0.6) is 5.75 Å². The Kier molecular flexibility index (Phi) is 4.39. The van der Waals surface area contributed by atoms with Crippen LogP contribution in [0.25, 0.3) is 0 Å². The summed E-state index contributed by atoms with van der Waals surface area (Å²) in [4.78, 5) is 0. The standard InChI is InChI=1S/C15H16BrNO/c1-11(14-4-2-3-5-15(14)18)17-10-12-6-8-13(16)9-7-12/h2-9,11,17-18H,10H2,1H3. The van der Waals surface area contributed by atoms with Crippen molar-refractivity contribution in [1.29, 1.82) is 0 Å². The van der Waals surface area contributed by atoms with Gasteiger partial charge in [0.1, 0.15) is 5.75 Å². The number of hydrogen-bond acceptors (Lipinski definition) is 2. The molecule has 0 radical (unpaired) electrons. The van der Waals surface area contributed by atoms with Crippen molar-refractivity contribution in [2.24, 2.45) is 0 Å².